The van der Waals surface area contributed by atoms with Gasteiger partial charge in [0.15, 0.2) is 8.32 Å². The molecule has 0 aromatic carbocycles. The van der Waals surface area contributed by atoms with E-state index < -0.39 is 14.3 Å². The highest BCUT2D eigenvalue weighted by Crippen LogP contribution is 2.38. The first-order valence-electron chi connectivity index (χ1n) is 12.7. The lowest BCUT2D eigenvalue weighted by molar-refractivity contribution is 0.0523. The van der Waals surface area contributed by atoms with Gasteiger partial charge in [-0.05, 0) is 53.0 Å². The van der Waals surface area contributed by atoms with E-state index in [9.17, 15) is 9.59 Å². The molecule has 1 atom stereocenters. The molecule has 2 aromatic rings. The second-order valence-corrected chi connectivity index (χ2v) is 16.8. The summed E-state index contributed by atoms with van der Waals surface area (Å²) in [5, 5.41) is 0.436. The fourth-order valence-electron chi connectivity index (χ4n) is 3.95. The lowest BCUT2D eigenvalue weighted by atomic mass is 10.0. The lowest BCUT2D eigenvalue weighted by Crippen LogP contribution is -2.42. The Hall–Kier alpha value is -1.75. The van der Waals surface area contributed by atoms with Gasteiger partial charge >= 0.3 is 5.97 Å². The molecule has 36 heavy (non-hydrogen) atoms. The number of hydrogen-bond acceptors (Lipinski definition) is 7. The predicted octanol–water partition coefficient (Wildman–Crippen LogP) is 5.39. The molecule has 1 aliphatic heterocycles. The predicted molar refractivity (Wildman–Crippen MR) is 150 cm³/mol. The van der Waals surface area contributed by atoms with Gasteiger partial charge in [-0.1, -0.05) is 34.6 Å². The van der Waals surface area contributed by atoms with Crippen LogP contribution in [0.4, 0.5) is 5.82 Å². The Balaban J connectivity index is 2.22. The maximum absolute atomic E-state index is 13.4. The summed E-state index contributed by atoms with van der Waals surface area (Å²) in [7, 11) is -2.04. The third-order valence-corrected chi connectivity index (χ3v) is 12.4. The molecule has 8 nitrogen and oxygen atoms in total. The fraction of sp³-hybridized carbons (Fsp3) is 0.654. The number of nitrogens with zero attached hydrogens (tertiary/aromatic N) is 3. The third kappa shape index (κ3) is 6.03. The van der Waals surface area contributed by atoms with Crippen molar-refractivity contribution in [3.8, 4) is 0 Å². The Morgan fingerprint density at radius 3 is 2.44 bits per heavy atom. The second-order valence-electron chi connectivity index (χ2n) is 11.1. The molecule has 1 saturated heterocycles. The number of rotatable bonds is 8. The molecule has 0 aliphatic carbocycles. The molecule has 0 N–H and O–H groups in total. The number of morpholine rings is 1. The first-order chi connectivity index (χ1) is 16.8. The zero-order chi connectivity index (χ0) is 26.8. The van der Waals surface area contributed by atoms with Crippen molar-refractivity contribution in [2.75, 3.05) is 44.4 Å². The summed E-state index contributed by atoms with van der Waals surface area (Å²) in [6.45, 7) is 20.4. The second kappa shape index (κ2) is 11.3. The quantitative estimate of drug-likeness (QED) is 0.305. The summed E-state index contributed by atoms with van der Waals surface area (Å²) in [4.78, 5) is 33.4. The third-order valence-electron chi connectivity index (χ3n) is 7.29. The number of hydrogen-bond donors (Lipinski definition) is 0. The highest BCUT2D eigenvalue weighted by Gasteiger charge is 2.38. The molecule has 200 valence electrons. The van der Waals surface area contributed by atoms with Crippen LogP contribution < -0.4 is 10.3 Å². The summed E-state index contributed by atoms with van der Waals surface area (Å²) in [6.07, 6.45) is 1.62. The number of ether oxygens (including phenoxy) is 2. The number of anilines is 1. The van der Waals surface area contributed by atoms with Crippen LogP contribution in [0.25, 0.3) is 11.0 Å². The molecule has 0 bridgehead atoms. The van der Waals surface area contributed by atoms with Gasteiger partial charge < -0.3 is 23.4 Å². The van der Waals surface area contributed by atoms with Crippen molar-refractivity contribution < 1.29 is 18.7 Å². The molecule has 10 heteroatoms. The van der Waals surface area contributed by atoms with E-state index in [0.717, 1.165) is 5.82 Å². The summed E-state index contributed by atoms with van der Waals surface area (Å²) >= 11 is 3.62. The van der Waals surface area contributed by atoms with E-state index in [1.54, 1.807) is 19.2 Å². The first kappa shape index (κ1) is 28.8. The average Bonchev–Trinajstić information content (AvgIpc) is 2.80. The van der Waals surface area contributed by atoms with Gasteiger partial charge in [0.1, 0.15) is 17.0 Å². The monoisotopic (exact) mass is 581 g/mol. The Morgan fingerprint density at radius 1 is 1.25 bits per heavy atom. The number of carbonyl (C=O) groups is 1. The van der Waals surface area contributed by atoms with E-state index in [1.807, 2.05) is 4.57 Å². The van der Waals surface area contributed by atoms with Crippen LogP contribution in [0.5, 0.6) is 0 Å². The van der Waals surface area contributed by atoms with Crippen molar-refractivity contribution in [1.29, 1.82) is 0 Å². The largest absolute Gasteiger partial charge is 0.462 e. The molecule has 2 aromatic heterocycles. The van der Waals surface area contributed by atoms with Gasteiger partial charge in [0.25, 0.3) is 0 Å². The van der Waals surface area contributed by atoms with Crippen molar-refractivity contribution in [2.24, 2.45) is 5.92 Å². The number of halogens is 1. The maximum atomic E-state index is 13.4. The standard InChI is InChI=1S/C26H40BrN3O5Si/c1-9-34-25(32)19-15-30(21(17(2)3)16-35-36(7,8)26(4,5)6)23-18(22(19)31)14-20(27)24(28-23)29-10-12-33-13-11-29/h14-15,17,21H,9-13,16H2,1-8H3. The SMILES string of the molecule is CCOC(=O)c1cn(C(CO[Si](C)(C)C(C)(C)C)C(C)C)c2nc(N3CCOCC3)c(Br)cc2c1=O. The zero-order valence-corrected chi connectivity index (χ0v) is 25.4. The minimum Gasteiger partial charge on any atom is -0.462 e. The molecule has 3 heterocycles. The smallest absolute Gasteiger partial charge is 0.343 e. The first-order valence-corrected chi connectivity index (χ1v) is 16.4. The van der Waals surface area contributed by atoms with Crippen LogP contribution in [0.3, 0.4) is 0 Å². The van der Waals surface area contributed by atoms with E-state index in [2.05, 4.69) is 68.5 Å². The van der Waals surface area contributed by atoms with Crippen LogP contribution in [0.15, 0.2) is 21.5 Å². The Bertz CT molecular complexity index is 1150. The number of aromatic nitrogens is 2. The van der Waals surface area contributed by atoms with Gasteiger partial charge in [0.2, 0.25) is 5.43 Å². The van der Waals surface area contributed by atoms with Gasteiger partial charge in [-0.2, -0.15) is 0 Å². The zero-order valence-electron chi connectivity index (χ0n) is 22.8. The van der Waals surface area contributed by atoms with Crippen molar-refractivity contribution in [1.82, 2.24) is 9.55 Å². The van der Waals surface area contributed by atoms with Gasteiger partial charge in [0, 0.05) is 19.3 Å². The summed E-state index contributed by atoms with van der Waals surface area (Å²) in [6, 6.07) is 1.64. The number of pyridine rings is 2. The Labute approximate surface area is 223 Å². The van der Waals surface area contributed by atoms with Crippen LogP contribution >= 0.6 is 15.9 Å². The molecule has 0 spiro atoms. The lowest BCUT2D eigenvalue weighted by Gasteiger charge is -2.38. The van der Waals surface area contributed by atoms with Crippen LogP contribution in [-0.2, 0) is 13.9 Å². The van der Waals surface area contributed by atoms with Crippen molar-refractivity contribution in [2.45, 2.75) is 65.7 Å². The molecule has 0 amide bonds. The van der Waals surface area contributed by atoms with Gasteiger partial charge in [-0.3, -0.25) is 4.79 Å². The molecule has 0 saturated carbocycles. The number of esters is 1. The van der Waals surface area contributed by atoms with Crippen molar-refractivity contribution in [3.05, 3.63) is 32.5 Å². The van der Waals surface area contributed by atoms with Crippen LogP contribution in [0.1, 0.15) is 57.9 Å². The molecular formula is C26H40BrN3O5Si. The van der Waals surface area contributed by atoms with E-state index >= 15 is 0 Å². The van der Waals surface area contributed by atoms with Gasteiger partial charge in [0.05, 0.1) is 42.3 Å². The van der Waals surface area contributed by atoms with E-state index in [4.69, 9.17) is 18.9 Å². The van der Waals surface area contributed by atoms with Gasteiger partial charge in [-0.15, -0.1) is 0 Å². The summed E-state index contributed by atoms with van der Waals surface area (Å²) < 4.78 is 20.0. The highest BCUT2D eigenvalue weighted by molar-refractivity contribution is 9.10. The van der Waals surface area contributed by atoms with Crippen LogP contribution in [-0.4, -0.2) is 63.4 Å². The molecule has 1 unspecified atom stereocenters. The van der Waals surface area contributed by atoms with Gasteiger partial charge in [-0.25, -0.2) is 9.78 Å². The van der Waals surface area contributed by atoms with Crippen LogP contribution in [0.2, 0.25) is 18.1 Å². The Kier molecular flexibility index (Phi) is 9.07. The normalized spacial score (nSPS) is 16.0. The summed E-state index contributed by atoms with van der Waals surface area (Å²) in [5.74, 6) is 0.294. The average molecular weight is 583 g/mol. The summed E-state index contributed by atoms with van der Waals surface area (Å²) in [5.41, 5.74) is 0.166. The highest BCUT2D eigenvalue weighted by atomic mass is 79.9. The minimum atomic E-state index is -2.04. The maximum Gasteiger partial charge on any atom is 0.343 e. The molecule has 1 fully saturated rings. The molecular weight excluding hydrogens is 542 g/mol. The van der Waals surface area contributed by atoms with Crippen molar-refractivity contribution >= 4 is 47.1 Å². The Morgan fingerprint density at radius 2 is 1.89 bits per heavy atom. The minimum absolute atomic E-state index is 0.00940. The number of carbonyl (C=O) groups excluding carboxylic acids is 1. The molecule has 3 rings (SSSR count). The molecule has 1 aliphatic rings. The number of fused-ring (bicyclic) bond motifs is 1. The van der Waals surface area contributed by atoms with Crippen molar-refractivity contribution in [3.63, 3.8) is 0 Å². The van der Waals surface area contributed by atoms with Crippen LogP contribution in [0, 0.1) is 5.92 Å². The fourth-order valence-corrected chi connectivity index (χ4v) is 5.53. The topological polar surface area (TPSA) is 82.9 Å². The van der Waals surface area contributed by atoms with E-state index in [1.165, 1.54) is 0 Å². The van der Waals surface area contributed by atoms with E-state index in [0.29, 0.717) is 48.4 Å². The van der Waals surface area contributed by atoms with E-state index in [-0.39, 0.29) is 34.6 Å². The molecule has 0 radical (unpaired) electrons.